The minimum atomic E-state index is -1.33. The molecule has 0 aliphatic rings. The number of amides is 1. The van der Waals surface area contributed by atoms with Crippen molar-refractivity contribution in [3.63, 3.8) is 0 Å². The molecule has 0 spiro atoms. The molecule has 0 aliphatic heterocycles. The Bertz CT molecular complexity index is 408. The van der Waals surface area contributed by atoms with Crippen LogP contribution in [0.3, 0.4) is 0 Å². The predicted molar refractivity (Wildman–Crippen MR) is 80.7 cm³/mol. The van der Waals surface area contributed by atoms with Crippen LogP contribution in [0.2, 0.25) is 0 Å². The van der Waals surface area contributed by atoms with Gasteiger partial charge in [-0.25, -0.2) is 4.79 Å². The zero-order valence-corrected chi connectivity index (χ0v) is 12.3. The van der Waals surface area contributed by atoms with E-state index in [1.165, 1.54) is 0 Å². The Balaban J connectivity index is 0.000000796. The van der Waals surface area contributed by atoms with Crippen LogP contribution >= 0.6 is 12.2 Å². The molecule has 0 saturated carbocycles. The van der Waals surface area contributed by atoms with Gasteiger partial charge >= 0.3 is 6.09 Å². The Labute approximate surface area is 123 Å². The molecule has 0 bridgehead atoms. The van der Waals surface area contributed by atoms with Gasteiger partial charge < -0.3 is 25.6 Å². The first-order valence-electron chi connectivity index (χ1n) is 5.86. The average molecular weight is 300 g/mol. The third-order valence-corrected chi connectivity index (χ3v) is 2.75. The average Bonchev–Trinajstić information content (AvgIpc) is 2.39. The van der Waals surface area contributed by atoms with Gasteiger partial charge in [0.05, 0.1) is 13.2 Å². The molecule has 0 aliphatic carbocycles. The SMILES string of the molecule is CN(C)C(=S)OCC(CO)c1ccccc1.NC(=O)O. The van der Waals surface area contributed by atoms with Gasteiger partial charge in [0.1, 0.15) is 0 Å². The van der Waals surface area contributed by atoms with E-state index in [1.54, 1.807) is 4.90 Å². The lowest BCUT2D eigenvalue weighted by Gasteiger charge is -2.19. The van der Waals surface area contributed by atoms with Crippen LogP contribution in [0, 0.1) is 0 Å². The maximum absolute atomic E-state index is 9.29. The van der Waals surface area contributed by atoms with Gasteiger partial charge in [-0.15, -0.1) is 0 Å². The van der Waals surface area contributed by atoms with E-state index in [1.807, 2.05) is 44.4 Å². The second kappa shape index (κ2) is 9.99. The smallest absolute Gasteiger partial charge is 0.402 e. The van der Waals surface area contributed by atoms with Crippen molar-refractivity contribution in [2.24, 2.45) is 5.73 Å². The highest BCUT2D eigenvalue weighted by Gasteiger charge is 2.12. The van der Waals surface area contributed by atoms with Crippen LogP contribution in [0.1, 0.15) is 11.5 Å². The second-order valence-electron chi connectivity index (χ2n) is 4.10. The van der Waals surface area contributed by atoms with Gasteiger partial charge in [-0.3, -0.25) is 0 Å². The predicted octanol–water partition coefficient (Wildman–Crippen LogP) is 1.25. The molecule has 112 valence electrons. The summed E-state index contributed by atoms with van der Waals surface area (Å²) in [7, 11) is 3.66. The van der Waals surface area contributed by atoms with Crippen molar-refractivity contribution in [3.05, 3.63) is 35.9 Å². The van der Waals surface area contributed by atoms with Crippen molar-refractivity contribution in [1.29, 1.82) is 0 Å². The van der Waals surface area contributed by atoms with Crippen molar-refractivity contribution in [1.82, 2.24) is 4.90 Å². The number of nitrogens with two attached hydrogens (primary N) is 1. The molecule has 4 N–H and O–H groups in total. The Morgan fingerprint density at radius 2 is 1.90 bits per heavy atom. The summed E-state index contributed by atoms with van der Waals surface area (Å²) in [4.78, 5) is 10.5. The second-order valence-corrected chi connectivity index (χ2v) is 4.45. The number of benzene rings is 1. The van der Waals surface area contributed by atoms with E-state index in [2.05, 4.69) is 5.73 Å². The van der Waals surface area contributed by atoms with Gasteiger partial charge in [-0.05, 0) is 17.8 Å². The van der Waals surface area contributed by atoms with Gasteiger partial charge in [-0.1, -0.05) is 30.3 Å². The lowest BCUT2D eigenvalue weighted by Crippen LogP contribution is -2.25. The molecule has 0 saturated heterocycles. The number of nitrogens with zero attached hydrogens (tertiary/aromatic N) is 1. The largest absolute Gasteiger partial charge is 0.470 e. The third kappa shape index (κ3) is 8.28. The van der Waals surface area contributed by atoms with Crippen LogP contribution in [0.25, 0.3) is 0 Å². The number of ether oxygens (including phenoxy) is 1. The highest BCUT2D eigenvalue weighted by Crippen LogP contribution is 2.15. The van der Waals surface area contributed by atoms with Crippen molar-refractivity contribution >= 4 is 23.5 Å². The maximum Gasteiger partial charge on any atom is 0.402 e. The van der Waals surface area contributed by atoms with Crippen molar-refractivity contribution < 1.29 is 19.7 Å². The van der Waals surface area contributed by atoms with Crippen LogP contribution in [0.5, 0.6) is 0 Å². The number of thiocarbonyl (C=S) groups is 1. The fourth-order valence-corrected chi connectivity index (χ4v) is 1.35. The van der Waals surface area contributed by atoms with Gasteiger partial charge in [0, 0.05) is 20.0 Å². The van der Waals surface area contributed by atoms with Gasteiger partial charge in [-0.2, -0.15) is 0 Å². The number of aliphatic hydroxyl groups is 1. The Morgan fingerprint density at radius 1 is 1.40 bits per heavy atom. The van der Waals surface area contributed by atoms with E-state index in [0.717, 1.165) is 5.56 Å². The maximum atomic E-state index is 9.29. The molecule has 1 unspecified atom stereocenters. The summed E-state index contributed by atoms with van der Waals surface area (Å²) >= 11 is 5.02. The zero-order chi connectivity index (χ0) is 15.5. The van der Waals surface area contributed by atoms with Crippen LogP contribution in [0.15, 0.2) is 30.3 Å². The number of rotatable bonds is 4. The monoisotopic (exact) mass is 300 g/mol. The molecule has 20 heavy (non-hydrogen) atoms. The quantitative estimate of drug-likeness (QED) is 0.724. The summed E-state index contributed by atoms with van der Waals surface area (Å²) in [5.74, 6) is -0.0286. The first-order valence-corrected chi connectivity index (χ1v) is 6.27. The van der Waals surface area contributed by atoms with Crippen LogP contribution in [-0.2, 0) is 4.74 Å². The molecule has 1 aromatic rings. The summed E-state index contributed by atoms with van der Waals surface area (Å²) in [6.45, 7) is 0.456. The number of hydrogen-bond acceptors (Lipinski definition) is 4. The molecule has 1 rings (SSSR count). The lowest BCUT2D eigenvalue weighted by atomic mass is 10.0. The molecule has 7 heteroatoms. The first kappa shape index (κ1) is 18.1. The molecule has 0 fully saturated rings. The fraction of sp³-hybridized carbons (Fsp3) is 0.385. The van der Waals surface area contributed by atoms with Crippen LogP contribution in [-0.4, -0.2) is 53.7 Å². The van der Waals surface area contributed by atoms with Crippen molar-refractivity contribution in [2.75, 3.05) is 27.3 Å². The third-order valence-electron chi connectivity index (χ3n) is 2.26. The molecule has 1 atom stereocenters. The number of carbonyl (C=O) groups is 1. The van der Waals surface area contributed by atoms with Crippen molar-refractivity contribution in [3.8, 4) is 0 Å². The van der Waals surface area contributed by atoms with Gasteiger partial charge in [0.2, 0.25) is 0 Å². The number of carboxylic acid groups (broad SMARTS) is 1. The molecule has 0 aromatic heterocycles. The summed E-state index contributed by atoms with van der Waals surface area (Å²) in [6.07, 6.45) is -1.33. The zero-order valence-electron chi connectivity index (χ0n) is 11.5. The minimum absolute atomic E-state index is 0.0286. The number of primary amides is 1. The molecule has 0 heterocycles. The van der Waals surface area contributed by atoms with E-state index in [0.29, 0.717) is 11.8 Å². The fourth-order valence-electron chi connectivity index (χ4n) is 1.28. The van der Waals surface area contributed by atoms with Gasteiger partial charge in [0.15, 0.2) is 0 Å². The van der Waals surface area contributed by atoms with E-state index >= 15 is 0 Å². The summed E-state index contributed by atoms with van der Waals surface area (Å²) in [5, 5.41) is 16.9. The highest BCUT2D eigenvalue weighted by molar-refractivity contribution is 7.80. The van der Waals surface area contributed by atoms with Gasteiger partial charge in [0.25, 0.3) is 5.17 Å². The summed E-state index contributed by atoms with van der Waals surface area (Å²) < 4.78 is 5.41. The molecule has 0 radical (unpaired) electrons. The Hall–Kier alpha value is -1.86. The number of aliphatic hydroxyl groups excluding tert-OH is 1. The minimum Gasteiger partial charge on any atom is -0.470 e. The summed E-state index contributed by atoms with van der Waals surface area (Å²) in [5.41, 5.74) is 5.09. The number of hydrogen-bond donors (Lipinski definition) is 3. The van der Waals surface area contributed by atoms with E-state index < -0.39 is 6.09 Å². The Kier molecular flexibility index (Phi) is 9.06. The molecular formula is C13H20N2O4S. The molecule has 6 nitrogen and oxygen atoms in total. The Morgan fingerprint density at radius 3 is 2.30 bits per heavy atom. The normalized spacial score (nSPS) is 10.8. The van der Waals surface area contributed by atoms with Crippen molar-refractivity contribution in [2.45, 2.75) is 5.92 Å². The topological polar surface area (TPSA) is 96.0 Å². The standard InChI is InChI=1S/C12H17NO2S.CH3NO2/c1-13(2)12(16)15-9-11(8-14)10-6-4-3-5-7-10;2-1(3)4/h3-7,11,14H,8-9H2,1-2H3;2H2,(H,3,4). The molecule has 1 amide bonds. The van der Waals surface area contributed by atoms with E-state index in [9.17, 15) is 5.11 Å². The highest BCUT2D eigenvalue weighted by atomic mass is 32.1. The van der Waals surface area contributed by atoms with Crippen LogP contribution < -0.4 is 5.73 Å². The molecule has 1 aromatic carbocycles. The van der Waals surface area contributed by atoms with Crippen LogP contribution in [0.4, 0.5) is 4.79 Å². The summed E-state index contributed by atoms with van der Waals surface area (Å²) in [6, 6.07) is 9.79. The van der Waals surface area contributed by atoms with E-state index in [-0.39, 0.29) is 12.5 Å². The van der Waals surface area contributed by atoms with E-state index in [4.69, 9.17) is 26.9 Å². The molecular weight excluding hydrogens is 280 g/mol. The first-order chi connectivity index (χ1) is 9.38. The lowest BCUT2D eigenvalue weighted by molar-refractivity contribution is 0.187.